The van der Waals surface area contributed by atoms with E-state index in [0.29, 0.717) is 5.41 Å². The highest BCUT2D eigenvalue weighted by Crippen LogP contribution is 2.60. The Morgan fingerprint density at radius 2 is 1.71 bits per heavy atom. The van der Waals surface area contributed by atoms with E-state index < -0.39 is 0 Å². The maximum Gasteiger partial charge on any atom is 0.0282 e. The summed E-state index contributed by atoms with van der Waals surface area (Å²) in [6.45, 7) is 3.95. The summed E-state index contributed by atoms with van der Waals surface area (Å²) in [6.07, 6.45) is 13.0. The van der Waals surface area contributed by atoms with Crippen molar-refractivity contribution in [1.82, 2.24) is 4.57 Å². The van der Waals surface area contributed by atoms with Gasteiger partial charge in [-0.2, -0.15) is 0 Å². The van der Waals surface area contributed by atoms with Crippen LogP contribution < -0.4 is 0 Å². The molecule has 4 aliphatic carbocycles. The highest BCUT2D eigenvalue weighted by molar-refractivity contribution is 5.32. The number of nitrogens with zero attached hydrogens (tertiary/aromatic N) is 1. The topological polar surface area (TPSA) is 4.93 Å². The number of hydrogen-bond donors (Lipinski definition) is 0. The van der Waals surface area contributed by atoms with Crippen LogP contribution >= 0.6 is 0 Å². The van der Waals surface area contributed by atoms with Gasteiger partial charge in [0, 0.05) is 23.5 Å². The first-order valence-electron chi connectivity index (χ1n) is 7.09. The molecule has 0 N–H and O–H groups in total. The molecule has 0 spiro atoms. The number of aromatic nitrogens is 1. The van der Waals surface area contributed by atoms with E-state index in [4.69, 9.17) is 0 Å². The molecule has 4 fully saturated rings. The molecule has 1 heterocycles. The van der Waals surface area contributed by atoms with Crippen LogP contribution in [0.3, 0.4) is 0 Å². The standard InChI is InChI=1S/C16H21N/c1-2-17-5-3-4-15(17)16-9-12-6-13(10-16)8-14(7-12)11-16/h2-5,12-14H,1,6-11H2. The van der Waals surface area contributed by atoms with E-state index in [1.165, 1.54) is 38.5 Å². The average molecular weight is 227 g/mol. The van der Waals surface area contributed by atoms with Gasteiger partial charge in [-0.3, -0.25) is 0 Å². The monoisotopic (exact) mass is 227 g/mol. The van der Waals surface area contributed by atoms with E-state index in [1.54, 1.807) is 5.69 Å². The first kappa shape index (κ1) is 9.99. The summed E-state index contributed by atoms with van der Waals surface area (Å²) in [5, 5.41) is 0. The minimum absolute atomic E-state index is 0.506. The van der Waals surface area contributed by atoms with Crippen LogP contribution in [-0.4, -0.2) is 4.57 Å². The van der Waals surface area contributed by atoms with Crippen molar-refractivity contribution in [3.8, 4) is 0 Å². The molecular weight excluding hydrogens is 206 g/mol. The summed E-state index contributed by atoms with van der Waals surface area (Å²) in [7, 11) is 0. The van der Waals surface area contributed by atoms with Crippen molar-refractivity contribution < 1.29 is 0 Å². The largest absolute Gasteiger partial charge is 0.328 e. The molecule has 0 aromatic carbocycles. The van der Waals surface area contributed by atoms with Crippen molar-refractivity contribution in [2.24, 2.45) is 17.8 Å². The molecule has 0 aliphatic heterocycles. The SMILES string of the molecule is C=Cn1cccc1C12CC3CC(CC(C3)C1)C2. The Bertz CT molecular complexity index is 419. The molecule has 4 saturated carbocycles. The van der Waals surface area contributed by atoms with Crippen LogP contribution in [0.2, 0.25) is 0 Å². The second-order valence-electron chi connectivity index (χ2n) is 6.68. The van der Waals surface area contributed by atoms with Crippen LogP contribution in [0.4, 0.5) is 0 Å². The first-order valence-corrected chi connectivity index (χ1v) is 7.09. The van der Waals surface area contributed by atoms with Crippen molar-refractivity contribution in [3.05, 3.63) is 30.6 Å². The Balaban J connectivity index is 1.79. The van der Waals surface area contributed by atoms with Crippen molar-refractivity contribution in [1.29, 1.82) is 0 Å². The normalized spacial score (nSPS) is 42.9. The van der Waals surface area contributed by atoms with Crippen molar-refractivity contribution in [2.45, 2.75) is 43.9 Å². The van der Waals surface area contributed by atoms with Crippen molar-refractivity contribution in [2.75, 3.05) is 0 Å². The van der Waals surface area contributed by atoms with Gasteiger partial charge in [0.2, 0.25) is 0 Å². The van der Waals surface area contributed by atoms with Gasteiger partial charge in [0.05, 0.1) is 0 Å². The molecule has 0 atom stereocenters. The second kappa shape index (κ2) is 3.28. The highest BCUT2D eigenvalue weighted by Gasteiger charge is 2.52. The molecule has 17 heavy (non-hydrogen) atoms. The molecule has 4 bridgehead atoms. The van der Waals surface area contributed by atoms with E-state index in [0.717, 1.165) is 17.8 Å². The molecule has 1 aromatic rings. The molecule has 0 radical (unpaired) electrons. The lowest BCUT2D eigenvalue weighted by Gasteiger charge is -2.57. The predicted octanol–water partition coefficient (Wildman–Crippen LogP) is 4.06. The smallest absolute Gasteiger partial charge is 0.0282 e. The molecule has 0 unspecified atom stereocenters. The van der Waals surface area contributed by atoms with Gasteiger partial charge >= 0.3 is 0 Å². The lowest BCUT2D eigenvalue weighted by atomic mass is 9.49. The van der Waals surface area contributed by atoms with Crippen molar-refractivity contribution >= 4 is 6.20 Å². The van der Waals surface area contributed by atoms with E-state index in [-0.39, 0.29) is 0 Å². The zero-order valence-electron chi connectivity index (χ0n) is 10.4. The van der Waals surface area contributed by atoms with Gasteiger partial charge < -0.3 is 4.57 Å². The van der Waals surface area contributed by atoms with Gasteiger partial charge in [-0.1, -0.05) is 6.58 Å². The molecule has 4 aliphatic rings. The van der Waals surface area contributed by atoms with Gasteiger partial charge in [-0.25, -0.2) is 0 Å². The number of rotatable bonds is 2. The highest BCUT2D eigenvalue weighted by atomic mass is 15.0. The minimum Gasteiger partial charge on any atom is -0.328 e. The minimum atomic E-state index is 0.506. The van der Waals surface area contributed by atoms with Crippen LogP contribution in [0.15, 0.2) is 24.9 Å². The molecule has 90 valence electrons. The summed E-state index contributed by atoms with van der Waals surface area (Å²) in [4.78, 5) is 0. The predicted molar refractivity (Wildman–Crippen MR) is 70.7 cm³/mol. The molecule has 1 nitrogen and oxygen atoms in total. The third-order valence-corrected chi connectivity index (χ3v) is 5.56. The zero-order chi connectivity index (χ0) is 11.5. The molecule has 0 saturated heterocycles. The fourth-order valence-electron chi connectivity index (χ4n) is 5.43. The lowest BCUT2D eigenvalue weighted by Crippen LogP contribution is -2.49. The molecule has 5 rings (SSSR count). The Morgan fingerprint density at radius 1 is 1.12 bits per heavy atom. The van der Waals surface area contributed by atoms with Crippen molar-refractivity contribution in [3.63, 3.8) is 0 Å². The summed E-state index contributed by atoms with van der Waals surface area (Å²) >= 11 is 0. The average Bonchev–Trinajstić information content (AvgIpc) is 2.75. The molecular formula is C16H21N. The Labute approximate surface area is 104 Å². The zero-order valence-corrected chi connectivity index (χ0v) is 10.4. The number of hydrogen-bond acceptors (Lipinski definition) is 0. The van der Waals surface area contributed by atoms with Crippen LogP contribution in [0.1, 0.15) is 44.2 Å². The third-order valence-electron chi connectivity index (χ3n) is 5.56. The van der Waals surface area contributed by atoms with Crippen LogP contribution in [0.25, 0.3) is 6.20 Å². The van der Waals surface area contributed by atoms with Gasteiger partial charge in [-0.15, -0.1) is 0 Å². The summed E-state index contributed by atoms with van der Waals surface area (Å²) in [5.41, 5.74) is 2.05. The van der Waals surface area contributed by atoms with Gasteiger partial charge in [-0.05, 0) is 68.4 Å². The summed E-state index contributed by atoms with van der Waals surface area (Å²) in [5.74, 6) is 3.07. The fourth-order valence-corrected chi connectivity index (χ4v) is 5.43. The summed E-state index contributed by atoms with van der Waals surface area (Å²) < 4.78 is 2.27. The van der Waals surface area contributed by atoms with Gasteiger partial charge in [0.1, 0.15) is 0 Å². The lowest BCUT2D eigenvalue weighted by molar-refractivity contribution is -0.00771. The van der Waals surface area contributed by atoms with E-state index >= 15 is 0 Å². The molecule has 1 aromatic heterocycles. The maximum atomic E-state index is 3.95. The first-order chi connectivity index (χ1) is 8.29. The maximum absolute atomic E-state index is 3.95. The Morgan fingerprint density at radius 3 is 2.24 bits per heavy atom. The second-order valence-corrected chi connectivity index (χ2v) is 6.68. The van der Waals surface area contributed by atoms with Crippen LogP contribution in [0, 0.1) is 17.8 Å². The van der Waals surface area contributed by atoms with E-state index in [2.05, 4.69) is 29.5 Å². The van der Waals surface area contributed by atoms with Gasteiger partial charge in [0.25, 0.3) is 0 Å². The Kier molecular flexibility index (Phi) is 1.93. The quantitative estimate of drug-likeness (QED) is 0.718. The van der Waals surface area contributed by atoms with Gasteiger partial charge in [0.15, 0.2) is 0 Å². The van der Waals surface area contributed by atoms with E-state index in [9.17, 15) is 0 Å². The summed E-state index contributed by atoms with van der Waals surface area (Å²) in [6, 6.07) is 4.53. The third kappa shape index (κ3) is 1.31. The van der Waals surface area contributed by atoms with E-state index in [1.807, 2.05) is 6.20 Å². The Hall–Kier alpha value is -0.980. The molecule has 0 amide bonds. The van der Waals surface area contributed by atoms with Crippen LogP contribution in [-0.2, 0) is 5.41 Å². The molecule has 1 heteroatoms. The van der Waals surface area contributed by atoms with Crippen LogP contribution in [0.5, 0.6) is 0 Å². The fraction of sp³-hybridized carbons (Fsp3) is 0.625.